The zero-order chi connectivity index (χ0) is 7.00. The standard InChI is InChI=1S/H4O6P2.Pr/c1-7(2,3)8(4,5)6;/h(H2,1,2,3)(H2,4,5,6);/q;+4/p-4. The maximum absolute atomic E-state index is 9.24. The molecule has 0 radical (unpaired) electrons. The van der Waals surface area contributed by atoms with Crippen LogP contribution in [0.3, 0.4) is 0 Å². The molecule has 0 aromatic heterocycles. The number of rotatable bonds is 1. The van der Waals surface area contributed by atoms with E-state index in [1.54, 1.807) is 0 Å². The van der Waals surface area contributed by atoms with Crippen molar-refractivity contribution in [2.45, 2.75) is 0 Å². The van der Waals surface area contributed by atoms with Crippen molar-refractivity contribution in [1.82, 2.24) is 0 Å². The smallest absolute Gasteiger partial charge is 0.807 e. The topological polar surface area (TPSA) is 126 Å². The predicted molar refractivity (Wildman–Crippen MR) is 15.2 cm³/mol. The Bertz CT molecular complexity index is 140. The average Bonchev–Trinajstić information content (AvgIpc) is 1.25. The van der Waals surface area contributed by atoms with Crippen LogP contribution in [-0.2, 0) is 9.13 Å². The first-order chi connectivity index (χ1) is 3.25. The molecular formula is O6P2Pr. The van der Waals surface area contributed by atoms with Gasteiger partial charge in [0.2, 0.25) is 0 Å². The van der Waals surface area contributed by atoms with Crippen LogP contribution in [0.5, 0.6) is 0 Å². The molecule has 9 heavy (non-hydrogen) atoms. The van der Waals surface area contributed by atoms with Crippen molar-refractivity contribution < 1.29 is 70.0 Å². The summed E-state index contributed by atoms with van der Waals surface area (Å²) in [6, 6.07) is 0. The maximum Gasteiger partial charge on any atom is 4.00 e. The van der Waals surface area contributed by atoms with Gasteiger partial charge in [0.05, 0.1) is 0 Å². The number of hydrogen-bond acceptors (Lipinski definition) is 6. The molecular weight excluding hydrogens is 299 g/mol. The van der Waals surface area contributed by atoms with Gasteiger partial charge in [-0.15, -0.1) is 0 Å². The van der Waals surface area contributed by atoms with Gasteiger partial charge in [0, 0.05) is 0 Å². The van der Waals surface area contributed by atoms with Gasteiger partial charge in [0.15, 0.2) is 0 Å². The Kier molecular flexibility index (Phi) is 5.73. The Hall–Kier alpha value is 1.66. The minimum absolute atomic E-state index is 0. The Morgan fingerprint density at radius 3 is 0.889 bits per heavy atom. The molecule has 0 aromatic rings. The molecule has 0 aliphatic carbocycles. The van der Waals surface area contributed by atoms with Crippen LogP contribution in [-0.4, -0.2) is 0 Å². The molecule has 0 atom stereocenters. The summed E-state index contributed by atoms with van der Waals surface area (Å²) in [5, 5.41) is 0. The molecule has 0 aliphatic heterocycles. The largest absolute Gasteiger partial charge is 4.00 e. The third-order valence-corrected chi connectivity index (χ3v) is 2.70. The van der Waals surface area contributed by atoms with E-state index in [0.717, 1.165) is 0 Å². The summed E-state index contributed by atoms with van der Waals surface area (Å²) < 4.78 is 18.5. The van der Waals surface area contributed by atoms with E-state index in [1.807, 2.05) is 0 Å². The van der Waals surface area contributed by atoms with E-state index in [1.165, 1.54) is 0 Å². The first-order valence-corrected chi connectivity index (χ1v) is 5.09. The van der Waals surface area contributed by atoms with Gasteiger partial charge in [-0.05, 0) is 14.6 Å². The Morgan fingerprint density at radius 2 is 0.889 bits per heavy atom. The summed E-state index contributed by atoms with van der Waals surface area (Å²) in [6.07, 6.45) is 0. The summed E-state index contributed by atoms with van der Waals surface area (Å²) in [5.74, 6) is 0. The number of hydrogen-bond donors (Lipinski definition) is 0. The van der Waals surface area contributed by atoms with Crippen molar-refractivity contribution in [3.05, 3.63) is 0 Å². The Labute approximate surface area is 83.8 Å². The zero-order valence-electron chi connectivity index (χ0n) is 3.92. The predicted octanol–water partition coefficient (Wildman–Crippen LogP) is -3.27. The van der Waals surface area contributed by atoms with Gasteiger partial charge in [-0.3, -0.25) is 0 Å². The molecule has 0 heterocycles. The second kappa shape index (κ2) is 3.89. The van der Waals surface area contributed by atoms with Crippen molar-refractivity contribution in [2.75, 3.05) is 0 Å². The third kappa shape index (κ3) is 4.99. The molecule has 0 amide bonds. The van der Waals surface area contributed by atoms with Crippen molar-refractivity contribution in [3.8, 4) is 0 Å². The van der Waals surface area contributed by atoms with Crippen molar-refractivity contribution >= 4 is 14.6 Å². The fourth-order valence-corrected chi connectivity index (χ4v) is 0. The van der Waals surface area contributed by atoms with Crippen LogP contribution < -0.4 is 19.6 Å². The van der Waals surface area contributed by atoms with Gasteiger partial charge < -0.3 is 28.7 Å². The van der Waals surface area contributed by atoms with E-state index in [9.17, 15) is 28.7 Å². The first-order valence-electron chi connectivity index (χ1n) is 1.30. The molecule has 0 spiro atoms. The summed E-state index contributed by atoms with van der Waals surface area (Å²) in [5.41, 5.74) is 0. The summed E-state index contributed by atoms with van der Waals surface area (Å²) in [7, 11) is -11.8. The van der Waals surface area contributed by atoms with E-state index in [-0.39, 0.29) is 41.3 Å². The molecule has 0 rings (SSSR count). The van der Waals surface area contributed by atoms with E-state index < -0.39 is 14.6 Å². The monoisotopic (exact) mass is 299 g/mol. The molecule has 9 heteroatoms. The van der Waals surface area contributed by atoms with Crippen molar-refractivity contribution in [2.24, 2.45) is 0 Å². The second-order valence-corrected chi connectivity index (χ2v) is 5.75. The quantitative estimate of drug-likeness (QED) is 0.467. The minimum Gasteiger partial charge on any atom is -0.807 e. The normalized spacial score (nSPS) is 12.4. The molecule has 0 N–H and O–H groups in total. The SMILES string of the molecule is O=P([O-])([O-])P(=O)([O-])[O-].[Pr+4]. The fraction of sp³-hybridized carbons (Fsp3) is 0. The minimum atomic E-state index is -5.91. The fourth-order valence-electron chi connectivity index (χ4n) is 0. The van der Waals surface area contributed by atoms with Gasteiger partial charge in [-0.2, -0.15) is 0 Å². The van der Waals surface area contributed by atoms with Gasteiger partial charge in [0.1, 0.15) is 0 Å². The van der Waals surface area contributed by atoms with Crippen LogP contribution >= 0.6 is 14.6 Å². The molecule has 0 saturated heterocycles. The molecule has 0 aliphatic rings. The Balaban J connectivity index is 0. The van der Waals surface area contributed by atoms with Crippen molar-refractivity contribution in [1.29, 1.82) is 0 Å². The van der Waals surface area contributed by atoms with E-state index in [4.69, 9.17) is 0 Å². The summed E-state index contributed by atoms with van der Waals surface area (Å²) in [4.78, 5) is 36.9. The molecule has 0 unspecified atom stereocenters. The molecule has 0 bridgehead atoms. The van der Waals surface area contributed by atoms with Gasteiger partial charge in [0.25, 0.3) is 0 Å². The van der Waals surface area contributed by atoms with Crippen LogP contribution in [0.25, 0.3) is 0 Å². The Morgan fingerprint density at radius 1 is 0.778 bits per heavy atom. The third-order valence-electron chi connectivity index (χ3n) is 0.300. The maximum atomic E-state index is 9.24. The van der Waals surface area contributed by atoms with E-state index in [0.29, 0.717) is 0 Å². The molecule has 49 valence electrons. The van der Waals surface area contributed by atoms with Gasteiger partial charge >= 0.3 is 41.3 Å². The van der Waals surface area contributed by atoms with Gasteiger partial charge in [-0.1, -0.05) is 0 Å². The average molecular weight is 299 g/mol. The summed E-state index contributed by atoms with van der Waals surface area (Å²) in [6.45, 7) is 0. The van der Waals surface area contributed by atoms with E-state index >= 15 is 0 Å². The molecule has 0 fully saturated rings. The van der Waals surface area contributed by atoms with Crippen LogP contribution in [0.15, 0.2) is 0 Å². The second-order valence-electron chi connectivity index (χ2n) is 0.937. The summed E-state index contributed by atoms with van der Waals surface area (Å²) >= 11 is 0. The van der Waals surface area contributed by atoms with Crippen LogP contribution in [0.2, 0.25) is 0 Å². The molecule has 0 aromatic carbocycles. The van der Waals surface area contributed by atoms with Crippen LogP contribution in [0.1, 0.15) is 0 Å². The zero-order valence-corrected chi connectivity index (χ0v) is 9.41. The van der Waals surface area contributed by atoms with E-state index in [2.05, 4.69) is 0 Å². The first kappa shape index (κ1) is 13.3. The van der Waals surface area contributed by atoms with Crippen molar-refractivity contribution in [3.63, 3.8) is 0 Å². The molecule has 6 nitrogen and oxygen atoms in total. The van der Waals surface area contributed by atoms with Gasteiger partial charge in [-0.25, -0.2) is 0 Å². The van der Waals surface area contributed by atoms with Crippen LogP contribution in [0.4, 0.5) is 0 Å². The van der Waals surface area contributed by atoms with Crippen LogP contribution in [0, 0.1) is 41.3 Å². The molecule has 0 saturated carbocycles.